The first kappa shape index (κ1) is 19.9. The number of rotatable bonds is 7. The van der Waals surface area contributed by atoms with Gasteiger partial charge in [0, 0.05) is 11.1 Å². The lowest BCUT2D eigenvalue weighted by Gasteiger charge is -2.16. The van der Waals surface area contributed by atoms with Gasteiger partial charge in [0.2, 0.25) is 10.0 Å². The minimum Gasteiger partial charge on any atom is -0.299 e. The third-order valence-corrected chi connectivity index (χ3v) is 4.19. The fourth-order valence-corrected chi connectivity index (χ4v) is 2.77. The van der Waals surface area contributed by atoms with Crippen LogP contribution >= 0.6 is 0 Å². The monoisotopic (exact) mass is 377 g/mol. The van der Waals surface area contributed by atoms with Crippen LogP contribution in [0.1, 0.15) is 36.8 Å². The third kappa shape index (κ3) is 5.27. The molecule has 0 aliphatic rings. The summed E-state index contributed by atoms with van der Waals surface area (Å²) < 4.78 is 38.4. The summed E-state index contributed by atoms with van der Waals surface area (Å²) in [7, 11) is -3.40. The number of benzene rings is 1. The van der Waals surface area contributed by atoms with E-state index in [-0.39, 0.29) is 18.3 Å². The van der Waals surface area contributed by atoms with Crippen LogP contribution in [0, 0.1) is 5.82 Å². The number of aldehydes is 1. The summed E-state index contributed by atoms with van der Waals surface area (Å²) in [4.78, 5) is 19.7. The molecule has 1 aromatic heterocycles. The van der Waals surface area contributed by atoms with Gasteiger partial charge < -0.3 is 0 Å². The Morgan fingerprint density at radius 3 is 2.38 bits per heavy atom. The maximum atomic E-state index is 13.3. The molecule has 0 bridgehead atoms. The van der Waals surface area contributed by atoms with Gasteiger partial charge in [-0.05, 0) is 42.3 Å². The van der Waals surface area contributed by atoms with Crippen molar-refractivity contribution in [3.63, 3.8) is 0 Å². The van der Waals surface area contributed by atoms with Crippen LogP contribution in [0.2, 0.25) is 0 Å². The molecule has 0 spiro atoms. The Morgan fingerprint density at radius 1 is 1.19 bits per heavy atom. The molecule has 1 heterocycles. The predicted molar refractivity (Wildman–Crippen MR) is 98.3 cm³/mol. The zero-order chi connectivity index (χ0) is 19.3. The van der Waals surface area contributed by atoms with E-state index in [9.17, 15) is 17.6 Å². The van der Waals surface area contributed by atoms with Gasteiger partial charge in [-0.2, -0.15) is 0 Å². The first-order chi connectivity index (χ1) is 12.2. The highest BCUT2D eigenvalue weighted by Gasteiger charge is 2.17. The van der Waals surface area contributed by atoms with Crippen LogP contribution in [0.4, 0.5) is 4.39 Å². The fraction of sp³-hybridized carbons (Fsp3) is 0.278. The predicted octanol–water partition coefficient (Wildman–Crippen LogP) is 2.67. The summed E-state index contributed by atoms with van der Waals surface area (Å²) >= 11 is 0. The van der Waals surface area contributed by atoms with E-state index in [1.807, 2.05) is 13.8 Å². The third-order valence-electron chi connectivity index (χ3n) is 3.52. The van der Waals surface area contributed by atoms with E-state index in [1.54, 1.807) is 18.2 Å². The van der Waals surface area contributed by atoms with E-state index in [0.717, 1.165) is 6.26 Å². The number of halogens is 1. The van der Waals surface area contributed by atoms with Gasteiger partial charge >= 0.3 is 0 Å². The molecule has 0 radical (unpaired) electrons. The average molecular weight is 377 g/mol. The summed E-state index contributed by atoms with van der Waals surface area (Å²) in [6, 6.07) is 5.78. The molecule has 0 atom stereocenters. The summed E-state index contributed by atoms with van der Waals surface area (Å²) in [6.45, 7) is 3.80. The highest BCUT2D eigenvalue weighted by molar-refractivity contribution is 7.88. The molecule has 0 saturated carbocycles. The molecule has 0 saturated heterocycles. The second-order valence-electron chi connectivity index (χ2n) is 6.04. The normalized spacial score (nSPS) is 12.0. The van der Waals surface area contributed by atoms with Crippen LogP contribution in [-0.4, -0.2) is 30.9 Å². The number of nitrogens with one attached hydrogen (secondary N) is 1. The van der Waals surface area contributed by atoms with Crippen LogP contribution in [-0.2, 0) is 21.4 Å². The molecule has 1 aromatic carbocycles. The van der Waals surface area contributed by atoms with E-state index in [4.69, 9.17) is 0 Å². The van der Waals surface area contributed by atoms with E-state index >= 15 is 0 Å². The minimum atomic E-state index is -3.40. The Labute approximate surface area is 152 Å². The lowest BCUT2D eigenvalue weighted by Crippen LogP contribution is -2.23. The van der Waals surface area contributed by atoms with Gasteiger partial charge in [-0.25, -0.2) is 27.5 Å². The molecule has 8 heteroatoms. The molecule has 26 heavy (non-hydrogen) atoms. The molecular weight excluding hydrogens is 357 g/mol. The van der Waals surface area contributed by atoms with Crippen molar-refractivity contribution in [1.82, 2.24) is 14.7 Å². The number of hydrogen-bond donors (Lipinski definition) is 1. The highest BCUT2D eigenvalue weighted by atomic mass is 32.2. The second kappa shape index (κ2) is 8.29. The van der Waals surface area contributed by atoms with Gasteiger partial charge in [-0.1, -0.05) is 13.8 Å². The Morgan fingerprint density at radius 2 is 1.85 bits per heavy atom. The molecule has 0 aliphatic carbocycles. The quantitative estimate of drug-likeness (QED) is 0.592. The average Bonchev–Trinajstić information content (AvgIpc) is 2.58. The van der Waals surface area contributed by atoms with Crippen molar-refractivity contribution in [2.45, 2.75) is 26.3 Å². The van der Waals surface area contributed by atoms with Gasteiger partial charge in [0.1, 0.15) is 17.9 Å². The first-order valence-electron chi connectivity index (χ1n) is 7.94. The van der Waals surface area contributed by atoms with Crippen molar-refractivity contribution in [3.05, 3.63) is 53.2 Å². The Hall–Kier alpha value is -2.45. The molecule has 0 aliphatic heterocycles. The lowest BCUT2D eigenvalue weighted by molar-refractivity contribution is -0.104. The molecule has 6 nitrogen and oxygen atoms in total. The number of aromatic nitrogens is 2. The molecule has 0 unspecified atom stereocenters. The Kier molecular flexibility index (Phi) is 6.33. The molecule has 0 amide bonds. The maximum Gasteiger partial charge on any atom is 0.209 e. The van der Waals surface area contributed by atoms with Crippen LogP contribution in [0.25, 0.3) is 17.3 Å². The van der Waals surface area contributed by atoms with E-state index < -0.39 is 10.0 Å². The van der Waals surface area contributed by atoms with Gasteiger partial charge in [-0.15, -0.1) is 0 Å². The summed E-state index contributed by atoms with van der Waals surface area (Å²) in [6.07, 6.45) is 4.65. The fourth-order valence-electron chi connectivity index (χ4n) is 2.38. The smallest absolute Gasteiger partial charge is 0.209 e. The van der Waals surface area contributed by atoms with Crippen molar-refractivity contribution in [2.75, 3.05) is 6.26 Å². The molecule has 138 valence electrons. The molecule has 0 fully saturated rings. The summed E-state index contributed by atoms with van der Waals surface area (Å²) in [5.74, 6) is -0.0852. The van der Waals surface area contributed by atoms with Gasteiger partial charge in [0.05, 0.1) is 24.2 Å². The molecule has 2 aromatic rings. The van der Waals surface area contributed by atoms with Crippen LogP contribution in [0.3, 0.4) is 0 Å². The Bertz CT molecular complexity index is 923. The van der Waals surface area contributed by atoms with Crippen LogP contribution in [0.5, 0.6) is 0 Å². The van der Waals surface area contributed by atoms with Crippen LogP contribution < -0.4 is 4.72 Å². The van der Waals surface area contributed by atoms with Gasteiger partial charge in [0.15, 0.2) is 0 Å². The zero-order valence-corrected chi connectivity index (χ0v) is 15.5. The Balaban J connectivity index is 2.66. The summed E-state index contributed by atoms with van der Waals surface area (Å²) in [5.41, 5.74) is 2.46. The van der Waals surface area contributed by atoms with E-state index in [1.165, 1.54) is 18.2 Å². The van der Waals surface area contributed by atoms with Gasteiger partial charge in [-0.3, -0.25) is 4.79 Å². The standard InChI is InChI=1S/C18H20FN3O3S/c1-12(2)17-15(5-4-10-23)18(13-6-8-14(19)9-7-13)22-16(21-17)11-20-26(3,24)25/h4-10,12,20H,11H2,1-3H3/b5-4+. The van der Waals surface area contributed by atoms with Crippen molar-refractivity contribution in [2.24, 2.45) is 0 Å². The number of nitrogens with zero attached hydrogens (tertiary/aromatic N) is 2. The highest BCUT2D eigenvalue weighted by Crippen LogP contribution is 2.29. The van der Waals surface area contributed by atoms with Crippen LogP contribution in [0.15, 0.2) is 30.3 Å². The molecular formula is C18H20FN3O3S. The lowest BCUT2D eigenvalue weighted by atomic mass is 9.98. The van der Waals surface area contributed by atoms with Crippen molar-refractivity contribution >= 4 is 22.4 Å². The van der Waals surface area contributed by atoms with Crippen molar-refractivity contribution < 1.29 is 17.6 Å². The number of hydrogen-bond acceptors (Lipinski definition) is 5. The second-order valence-corrected chi connectivity index (χ2v) is 7.87. The summed E-state index contributed by atoms with van der Waals surface area (Å²) in [5, 5.41) is 0. The topological polar surface area (TPSA) is 89.0 Å². The minimum absolute atomic E-state index is 0.000448. The van der Waals surface area contributed by atoms with Gasteiger partial charge in [0.25, 0.3) is 0 Å². The number of carbonyl (C=O) groups is 1. The molecule has 2 rings (SSSR count). The first-order valence-corrected chi connectivity index (χ1v) is 9.83. The number of allylic oxidation sites excluding steroid dienone is 1. The van der Waals surface area contributed by atoms with E-state index in [2.05, 4.69) is 14.7 Å². The largest absolute Gasteiger partial charge is 0.299 e. The van der Waals surface area contributed by atoms with Crippen molar-refractivity contribution in [1.29, 1.82) is 0 Å². The number of carbonyl (C=O) groups excluding carboxylic acids is 1. The molecule has 1 N–H and O–H groups in total. The number of sulfonamides is 1. The van der Waals surface area contributed by atoms with E-state index in [0.29, 0.717) is 34.6 Å². The SMILES string of the molecule is CC(C)c1nc(CNS(C)(=O)=O)nc(-c2ccc(F)cc2)c1/C=C/C=O. The zero-order valence-electron chi connectivity index (χ0n) is 14.7. The van der Waals surface area contributed by atoms with Crippen molar-refractivity contribution in [3.8, 4) is 11.3 Å². The maximum absolute atomic E-state index is 13.3.